The van der Waals surface area contributed by atoms with E-state index in [-0.39, 0.29) is 41.2 Å². The molecule has 3 rings (SSSR count). The zero-order valence-electron chi connectivity index (χ0n) is 16.4. The average molecular weight is 340 g/mol. The largest absolute Gasteiger partial charge is 0.444 e. The molecular weight excluding hydrogens is 316 g/mol. The molecule has 0 aliphatic carbocycles. The van der Waals surface area contributed by atoms with Crippen LogP contribution in [-0.4, -0.2) is 44.3 Å². The Labute approximate surface area is 144 Å². The van der Waals surface area contributed by atoms with Gasteiger partial charge in [-0.15, -0.1) is 0 Å². The molecule has 0 bridgehead atoms. The molecule has 3 heterocycles. The van der Waals surface area contributed by atoms with Crippen molar-refractivity contribution in [2.75, 3.05) is 13.1 Å². The van der Waals surface area contributed by atoms with Crippen molar-refractivity contribution in [2.45, 2.75) is 45.1 Å². The van der Waals surface area contributed by atoms with Gasteiger partial charge in [0, 0.05) is 30.3 Å². The van der Waals surface area contributed by atoms with Gasteiger partial charge in [0.2, 0.25) is 0 Å². The predicted octanol–water partition coefficient (Wildman–Crippen LogP) is 3.50. The summed E-state index contributed by atoms with van der Waals surface area (Å²) in [5, 5.41) is 4.05. The van der Waals surface area contributed by atoms with E-state index in [1.54, 1.807) is 4.90 Å². The van der Waals surface area contributed by atoms with E-state index in [0.29, 0.717) is 31.5 Å². The van der Waals surface area contributed by atoms with Crippen molar-refractivity contribution in [1.29, 1.82) is 0 Å². The molecule has 1 aliphatic heterocycles. The second-order valence-electron chi connectivity index (χ2n) is 6.65. The molecule has 2 aromatic heterocycles. The molecule has 124 valence electrons. The van der Waals surface area contributed by atoms with E-state index in [2.05, 4.69) is 10.1 Å². The minimum absolute atomic E-state index is 0.0294. The summed E-state index contributed by atoms with van der Waals surface area (Å²) in [6.07, 6.45) is 0.666. The number of amides is 1. The number of rotatable bonds is 1. The molecule has 0 unspecified atom stereocenters. The summed E-state index contributed by atoms with van der Waals surface area (Å²) in [7, 11) is 0. The Bertz CT molecular complexity index is 858. The van der Waals surface area contributed by atoms with Crippen LogP contribution in [0, 0.1) is 0 Å². The summed E-state index contributed by atoms with van der Waals surface area (Å²) in [6, 6.07) is -0.0294. The fourth-order valence-corrected chi connectivity index (χ4v) is 2.93. The Hall–Kier alpha value is -1.82. The molecule has 1 saturated heterocycles. The van der Waals surface area contributed by atoms with Gasteiger partial charge in [-0.25, -0.2) is 14.3 Å². The number of aromatic nitrogens is 3. The van der Waals surface area contributed by atoms with Crippen LogP contribution in [0.5, 0.6) is 0 Å². The van der Waals surface area contributed by atoms with Crippen molar-refractivity contribution in [3.63, 3.8) is 0 Å². The first kappa shape index (κ1) is 12.6. The van der Waals surface area contributed by atoms with Gasteiger partial charge in [0.15, 0.2) is 5.65 Å². The van der Waals surface area contributed by atoms with Gasteiger partial charge in [-0.3, -0.25) is 0 Å². The molecule has 2 aromatic rings. The lowest BCUT2D eigenvalue weighted by Gasteiger charge is -2.33. The van der Waals surface area contributed by atoms with Gasteiger partial charge in [-0.2, -0.15) is 5.10 Å². The molecule has 7 heteroatoms. The number of ether oxygens (including phenoxy) is 1. The molecule has 1 aliphatic rings. The smallest absolute Gasteiger partial charge is 0.410 e. The Kier molecular flexibility index (Phi) is 3.28. The summed E-state index contributed by atoms with van der Waals surface area (Å²) in [6.45, 7) is 6.46. The van der Waals surface area contributed by atoms with Gasteiger partial charge in [-0.1, -0.05) is 11.6 Å². The van der Waals surface area contributed by atoms with Gasteiger partial charge in [0.1, 0.15) is 13.3 Å². The average Bonchev–Trinajstić information content (AvgIpc) is 2.94. The highest BCUT2D eigenvalue weighted by molar-refractivity contribution is 6.31. The molecule has 0 spiro atoms. The standard InChI is InChI=1S/C16H21ClN4O2/c1-16(2,3)23-15(22)20-6-4-11(5-7-20)12-9-21-14(8-13(12)17)18-10-19-21/h8-11H,4-7H2,1-3H3/i8D,9D,10D. The summed E-state index contributed by atoms with van der Waals surface area (Å²) >= 11 is 6.35. The normalized spacial score (nSPS) is 18.6. The van der Waals surface area contributed by atoms with Crippen LogP contribution in [0.4, 0.5) is 4.79 Å². The Morgan fingerprint density at radius 1 is 1.43 bits per heavy atom. The third-order valence-corrected chi connectivity index (χ3v) is 4.04. The molecular formula is C16H21ClN4O2. The van der Waals surface area contributed by atoms with Gasteiger partial charge in [-0.05, 0) is 45.1 Å². The fourth-order valence-electron chi connectivity index (χ4n) is 2.64. The van der Waals surface area contributed by atoms with Crippen molar-refractivity contribution in [2.24, 2.45) is 0 Å². The van der Waals surface area contributed by atoms with E-state index in [9.17, 15) is 4.79 Å². The predicted molar refractivity (Wildman–Crippen MR) is 87.8 cm³/mol. The lowest BCUT2D eigenvalue weighted by Crippen LogP contribution is -2.41. The Morgan fingerprint density at radius 2 is 2.13 bits per heavy atom. The van der Waals surface area contributed by atoms with Crippen molar-refractivity contribution < 1.29 is 13.6 Å². The van der Waals surface area contributed by atoms with Gasteiger partial charge < -0.3 is 9.64 Å². The van der Waals surface area contributed by atoms with E-state index in [1.807, 2.05) is 20.8 Å². The second kappa shape index (κ2) is 6.00. The zero-order chi connectivity index (χ0) is 19.2. The SMILES string of the molecule is [2H]c1nc2c([2H])c(Cl)c(C3CCN(C(=O)OC(C)(C)C)CC3)c([2H])n2n1. The number of likely N-dealkylation sites (tertiary alicyclic amines) is 1. The van der Waals surface area contributed by atoms with Crippen LogP contribution >= 0.6 is 11.6 Å². The molecule has 0 N–H and O–H groups in total. The number of carbonyl (C=O) groups excluding carboxylic acids is 1. The van der Waals surface area contributed by atoms with Crippen LogP contribution in [0.2, 0.25) is 5.02 Å². The van der Waals surface area contributed by atoms with Crippen molar-refractivity contribution in [3.05, 3.63) is 29.1 Å². The highest BCUT2D eigenvalue weighted by Gasteiger charge is 2.28. The maximum absolute atomic E-state index is 12.2. The maximum atomic E-state index is 12.2. The molecule has 6 nitrogen and oxygen atoms in total. The number of pyridine rings is 1. The minimum atomic E-state index is -0.544. The molecule has 1 amide bonds. The van der Waals surface area contributed by atoms with E-state index >= 15 is 0 Å². The molecule has 23 heavy (non-hydrogen) atoms. The number of fused-ring (bicyclic) bond motifs is 1. The van der Waals surface area contributed by atoms with Gasteiger partial charge in [0.05, 0.1) is 2.74 Å². The quantitative estimate of drug-likeness (QED) is 0.797. The van der Waals surface area contributed by atoms with Gasteiger partial charge >= 0.3 is 6.09 Å². The molecule has 0 saturated carbocycles. The van der Waals surface area contributed by atoms with Crippen LogP contribution < -0.4 is 0 Å². The third-order valence-electron chi connectivity index (χ3n) is 3.74. The van der Waals surface area contributed by atoms with Crippen molar-refractivity contribution in [3.8, 4) is 0 Å². The number of halogens is 1. The first-order valence-corrected chi connectivity index (χ1v) is 7.96. The van der Waals surface area contributed by atoms with Crippen LogP contribution in [0.15, 0.2) is 18.5 Å². The highest BCUT2D eigenvalue weighted by atomic mass is 35.5. The monoisotopic (exact) mass is 339 g/mol. The van der Waals surface area contributed by atoms with Crippen molar-refractivity contribution in [1.82, 2.24) is 19.5 Å². The van der Waals surface area contributed by atoms with Crippen LogP contribution in [0.25, 0.3) is 5.65 Å². The van der Waals surface area contributed by atoms with E-state index < -0.39 is 5.60 Å². The van der Waals surface area contributed by atoms with E-state index in [1.165, 1.54) is 4.52 Å². The Balaban J connectivity index is 1.83. The Morgan fingerprint density at radius 3 is 2.78 bits per heavy atom. The van der Waals surface area contributed by atoms with E-state index in [4.69, 9.17) is 20.5 Å². The topological polar surface area (TPSA) is 59.7 Å². The second-order valence-corrected chi connectivity index (χ2v) is 7.03. The fraction of sp³-hybridized carbons (Fsp3) is 0.562. The van der Waals surface area contributed by atoms with Crippen molar-refractivity contribution >= 4 is 23.3 Å². The summed E-state index contributed by atoms with van der Waals surface area (Å²) in [5.74, 6) is -0.0689. The molecule has 0 radical (unpaired) electrons. The molecule has 0 aromatic carbocycles. The number of nitrogens with zero attached hydrogens (tertiary/aromatic N) is 4. The minimum Gasteiger partial charge on any atom is -0.444 e. The van der Waals surface area contributed by atoms with Crippen LogP contribution in [-0.2, 0) is 4.74 Å². The zero-order valence-corrected chi connectivity index (χ0v) is 14.1. The summed E-state index contributed by atoms with van der Waals surface area (Å²) < 4.78 is 30.7. The summed E-state index contributed by atoms with van der Waals surface area (Å²) in [5.41, 5.74) is 0.0930. The molecule has 0 atom stereocenters. The maximum Gasteiger partial charge on any atom is 0.410 e. The molecule has 1 fully saturated rings. The number of piperidine rings is 1. The van der Waals surface area contributed by atoms with Crippen LogP contribution in [0.1, 0.15) is 49.2 Å². The van der Waals surface area contributed by atoms with E-state index in [0.717, 1.165) is 0 Å². The summed E-state index contributed by atoms with van der Waals surface area (Å²) in [4.78, 5) is 17.7. The first-order valence-electron chi connectivity index (χ1n) is 9.08. The third kappa shape index (κ3) is 3.58. The first-order chi connectivity index (χ1) is 12.1. The number of hydrogen-bond acceptors (Lipinski definition) is 4. The number of hydrogen-bond donors (Lipinski definition) is 0. The lowest BCUT2D eigenvalue weighted by atomic mass is 9.90. The lowest BCUT2D eigenvalue weighted by molar-refractivity contribution is 0.0205. The van der Waals surface area contributed by atoms with Gasteiger partial charge in [0.25, 0.3) is 0 Å². The van der Waals surface area contributed by atoms with Crippen LogP contribution in [0.3, 0.4) is 0 Å². The number of carbonyl (C=O) groups is 1. The highest BCUT2D eigenvalue weighted by Crippen LogP contribution is 2.33.